The maximum atomic E-state index is 12.3. The molecule has 5 atom stereocenters. The molecule has 1 fully saturated rings. The van der Waals surface area contributed by atoms with Crippen molar-refractivity contribution in [2.45, 2.75) is 69.6 Å². The first-order valence-corrected chi connectivity index (χ1v) is 11.9. The van der Waals surface area contributed by atoms with Crippen molar-refractivity contribution in [3.8, 4) is 0 Å². The average Bonchev–Trinajstić information content (AvgIpc) is 2.60. The third-order valence-corrected chi connectivity index (χ3v) is 9.83. The van der Waals surface area contributed by atoms with Crippen LogP contribution in [-0.2, 0) is 13.9 Å². The molecular formula is C19H30O7Si. The Morgan fingerprint density at radius 1 is 1.11 bits per heavy atom. The summed E-state index contributed by atoms with van der Waals surface area (Å²) in [5.74, 6) is -0.697. The van der Waals surface area contributed by atoms with Gasteiger partial charge in [0.05, 0.1) is 12.2 Å². The maximum absolute atomic E-state index is 12.3. The van der Waals surface area contributed by atoms with Crippen molar-refractivity contribution in [3.05, 3.63) is 35.9 Å². The normalized spacial score (nSPS) is 29.4. The zero-order valence-electron chi connectivity index (χ0n) is 16.5. The monoisotopic (exact) mass is 398 g/mol. The number of carbonyl (C=O) groups is 1. The molecule has 0 aromatic heterocycles. The molecule has 1 aromatic rings. The van der Waals surface area contributed by atoms with Crippen LogP contribution in [0.25, 0.3) is 0 Å². The van der Waals surface area contributed by atoms with Gasteiger partial charge in [-0.1, -0.05) is 39.0 Å². The van der Waals surface area contributed by atoms with Crippen LogP contribution in [0.2, 0.25) is 18.1 Å². The number of hydrogen-bond donors (Lipinski definition) is 3. The van der Waals surface area contributed by atoms with Gasteiger partial charge in [0.15, 0.2) is 20.7 Å². The largest absolute Gasteiger partial charge is 0.453 e. The predicted molar refractivity (Wildman–Crippen MR) is 102 cm³/mol. The Morgan fingerprint density at radius 2 is 1.70 bits per heavy atom. The summed E-state index contributed by atoms with van der Waals surface area (Å²) in [4.78, 5) is 12.3. The number of aliphatic hydroxyl groups is 3. The van der Waals surface area contributed by atoms with Crippen LogP contribution >= 0.6 is 0 Å². The van der Waals surface area contributed by atoms with Gasteiger partial charge in [0.2, 0.25) is 0 Å². The number of carbonyl (C=O) groups excluding carboxylic acids is 1. The summed E-state index contributed by atoms with van der Waals surface area (Å²) in [5, 5.41) is 30.7. The van der Waals surface area contributed by atoms with E-state index in [2.05, 4.69) is 33.9 Å². The van der Waals surface area contributed by atoms with Gasteiger partial charge in [-0.3, -0.25) is 0 Å². The third-order valence-electron chi connectivity index (χ3n) is 5.33. The van der Waals surface area contributed by atoms with Gasteiger partial charge in [-0.25, -0.2) is 4.79 Å². The molecule has 7 nitrogen and oxygen atoms in total. The van der Waals surface area contributed by atoms with E-state index in [1.165, 1.54) is 0 Å². The Labute approximate surface area is 161 Å². The molecule has 0 unspecified atom stereocenters. The summed E-state index contributed by atoms with van der Waals surface area (Å²) < 4.78 is 16.6. The molecule has 1 aliphatic heterocycles. The van der Waals surface area contributed by atoms with Crippen molar-refractivity contribution in [3.63, 3.8) is 0 Å². The predicted octanol–water partition coefficient (Wildman–Crippen LogP) is 1.67. The standard InChI is InChI=1S/C19H30O7Si/c1-19(2,3)27(4,5)24-11-13-14(20)16(15(21)18(23)25-13)26-17(22)12-9-7-6-8-10-12/h6-10,13-16,18,20-21,23H,11H2,1-5H3/t13-,14-,15-,16+,18-/m1/s1. The van der Waals surface area contributed by atoms with E-state index in [9.17, 15) is 20.1 Å². The highest BCUT2D eigenvalue weighted by molar-refractivity contribution is 6.74. The van der Waals surface area contributed by atoms with Gasteiger partial charge in [0.25, 0.3) is 0 Å². The quantitative estimate of drug-likeness (QED) is 0.512. The average molecular weight is 399 g/mol. The molecule has 1 aliphatic rings. The van der Waals surface area contributed by atoms with Crippen molar-refractivity contribution in [2.75, 3.05) is 6.61 Å². The molecule has 8 heteroatoms. The molecule has 0 radical (unpaired) electrons. The Kier molecular flexibility index (Phi) is 6.83. The number of aliphatic hydroxyl groups excluding tert-OH is 3. The third kappa shape index (κ3) is 5.16. The van der Waals surface area contributed by atoms with Gasteiger partial charge < -0.3 is 29.2 Å². The topological polar surface area (TPSA) is 105 Å². The zero-order valence-corrected chi connectivity index (χ0v) is 17.5. The lowest BCUT2D eigenvalue weighted by molar-refractivity contribution is -0.285. The van der Waals surface area contributed by atoms with Crippen LogP contribution in [0.5, 0.6) is 0 Å². The minimum Gasteiger partial charge on any atom is -0.453 e. The fraction of sp³-hybridized carbons (Fsp3) is 0.632. The Morgan fingerprint density at radius 3 is 2.26 bits per heavy atom. The lowest BCUT2D eigenvalue weighted by Crippen LogP contribution is -2.60. The Hall–Kier alpha value is -1.29. The second-order valence-electron chi connectivity index (χ2n) is 8.35. The Bertz CT molecular complexity index is 629. The summed E-state index contributed by atoms with van der Waals surface area (Å²) in [6.45, 7) is 10.4. The van der Waals surface area contributed by atoms with Crippen molar-refractivity contribution >= 4 is 14.3 Å². The zero-order chi connectivity index (χ0) is 20.4. The number of esters is 1. The molecule has 1 heterocycles. The molecule has 3 N–H and O–H groups in total. The molecule has 1 saturated heterocycles. The molecule has 0 bridgehead atoms. The minimum absolute atomic E-state index is 0.0286. The van der Waals surface area contributed by atoms with Gasteiger partial charge in [0, 0.05) is 0 Å². The van der Waals surface area contributed by atoms with E-state index in [0.717, 1.165) is 0 Å². The molecule has 0 aliphatic carbocycles. The van der Waals surface area contributed by atoms with Crippen LogP contribution < -0.4 is 0 Å². The van der Waals surface area contributed by atoms with Gasteiger partial charge in [-0.05, 0) is 30.3 Å². The van der Waals surface area contributed by atoms with E-state index in [1.54, 1.807) is 30.3 Å². The van der Waals surface area contributed by atoms with Crippen LogP contribution in [0.15, 0.2) is 30.3 Å². The fourth-order valence-electron chi connectivity index (χ4n) is 2.47. The molecule has 0 spiro atoms. The molecule has 0 saturated carbocycles. The minimum atomic E-state index is -2.11. The van der Waals surface area contributed by atoms with E-state index >= 15 is 0 Å². The van der Waals surface area contributed by atoms with Crippen molar-refractivity contribution < 1.29 is 34.0 Å². The van der Waals surface area contributed by atoms with Gasteiger partial charge >= 0.3 is 5.97 Å². The number of ether oxygens (including phenoxy) is 2. The highest BCUT2D eigenvalue weighted by Crippen LogP contribution is 2.37. The summed E-state index contributed by atoms with van der Waals surface area (Å²) in [5.41, 5.74) is 0.284. The molecule has 1 aromatic carbocycles. The number of hydrogen-bond acceptors (Lipinski definition) is 7. The van der Waals surface area contributed by atoms with Gasteiger partial charge in [-0.2, -0.15) is 0 Å². The van der Waals surface area contributed by atoms with E-state index in [4.69, 9.17) is 13.9 Å². The molecule has 2 rings (SSSR count). The molecule has 152 valence electrons. The molecule has 0 amide bonds. The second kappa shape index (κ2) is 8.38. The van der Waals surface area contributed by atoms with E-state index < -0.39 is 45.0 Å². The number of rotatable bonds is 5. The van der Waals surface area contributed by atoms with E-state index in [0.29, 0.717) is 0 Å². The van der Waals surface area contributed by atoms with Crippen molar-refractivity contribution in [1.82, 2.24) is 0 Å². The first-order valence-electron chi connectivity index (χ1n) is 9.04. The maximum Gasteiger partial charge on any atom is 0.338 e. The lowest BCUT2D eigenvalue weighted by atomic mass is 9.99. The first-order chi connectivity index (χ1) is 12.4. The second-order valence-corrected chi connectivity index (χ2v) is 13.2. The Balaban J connectivity index is 2.08. The summed E-state index contributed by atoms with van der Waals surface area (Å²) in [7, 11) is -2.11. The van der Waals surface area contributed by atoms with Gasteiger partial charge in [-0.15, -0.1) is 0 Å². The summed E-state index contributed by atoms with van der Waals surface area (Å²) in [6, 6.07) is 8.24. The highest BCUT2D eigenvalue weighted by Gasteiger charge is 2.47. The first kappa shape index (κ1) is 22.0. The molecule has 27 heavy (non-hydrogen) atoms. The van der Waals surface area contributed by atoms with Crippen LogP contribution in [0.1, 0.15) is 31.1 Å². The lowest BCUT2D eigenvalue weighted by Gasteiger charge is -2.42. The van der Waals surface area contributed by atoms with Crippen molar-refractivity contribution in [2.24, 2.45) is 0 Å². The van der Waals surface area contributed by atoms with Crippen LogP contribution in [0.3, 0.4) is 0 Å². The SMILES string of the molecule is CC(C)(C)[Si](C)(C)OC[C@H]1O[C@@H](O)[C@H](O)[C@@H](OC(=O)c2ccccc2)[C@@H]1O. The van der Waals surface area contributed by atoms with E-state index in [-0.39, 0.29) is 17.2 Å². The van der Waals surface area contributed by atoms with Crippen LogP contribution in [0.4, 0.5) is 0 Å². The summed E-state index contributed by atoms with van der Waals surface area (Å²) >= 11 is 0. The van der Waals surface area contributed by atoms with Gasteiger partial charge in [0.1, 0.15) is 18.3 Å². The summed E-state index contributed by atoms with van der Waals surface area (Å²) in [6.07, 6.45) is -6.73. The van der Waals surface area contributed by atoms with Crippen LogP contribution in [0, 0.1) is 0 Å². The molecular weight excluding hydrogens is 368 g/mol. The smallest absolute Gasteiger partial charge is 0.338 e. The van der Waals surface area contributed by atoms with Crippen molar-refractivity contribution in [1.29, 1.82) is 0 Å². The van der Waals surface area contributed by atoms with E-state index in [1.807, 2.05) is 0 Å². The highest BCUT2D eigenvalue weighted by atomic mass is 28.4. The van der Waals surface area contributed by atoms with Crippen LogP contribution in [-0.4, -0.2) is 66.9 Å². The number of benzene rings is 1. The fourth-order valence-corrected chi connectivity index (χ4v) is 3.48.